The van der Waals surface area contributed by atoms with Gasteiger partial charge in [-0.3, -0.25) is 14.2 Å². The summed E-state index contributed by atoms with van der Waals surface area (Å²) in [4.78, 5) is 26.0. The van der Waals surface area contributed by atoms with Crippen LogP contribution in [0.2, 0.25) is 0 Å². The Morgan fingerprint density at radius 3 is 2.68 bits per heavy atom. The maximum absolute atomic E-state index is 13.6. The number of carbonyl (C=O) groups excluding carboxylic acids is 1. The number of nitrogens with zero attached hydrogens (tertiary/aromatic N) is 4. The van der Waals surface area contributed by atoms with Gasteiger partial charge in [0.05, 0.1) is 23.4 Å². The predicted molar refractivity (Wildman–Crippen MR) is 129 cm³/mol. The minimum Gasteiger partial charge on any atom is -0.381 e. The number of nitrogens with two attached hydrogens (primary N) is 1. The summed E-state index contributed by atoms with van der Waals surface area (Å²) in [5.74, 6) is 1.72. The molecule has 0 aliphatic rings. The van der Waals surface area contributed by atoms with Gasteiger partial charge in [0.2, 0.25) is 0 Å². The molecular weight excluding hydrogens is 431 g/mol. The van der Waals surface area contributed by atoms with E-state index in [9.17, 15) is 9.18 Å². The van der Waals surface area contributed by atoms with Crippen molar-refractivity contribution in [1.29, 1.82) is 0 Å². The van der Waals surface area contributed by atoms with E-state index in [2.05, 4.69) is 26.2 Å². The zero-order valence-corrected chi connectivity index (χ0v) is 18.2. The van der Waals surface area contributed by atoms with E-state index < -0.39 is 5.91 Å². The molecular formula is C26H19FN6O. The number of halogens is 1. The van der Waals surface area contributed by atoms with Gasteiger partial charge in [-0.25, -0.2) is 14.4 Å². The standard InChI is InChI=1S/C26H19FN6O/c1-3-11-30-26(34)21-14-33-23(17-6-9-20-19(13-17)15(2)10-12-29-20)22(32-24(28)25(33)31-21)16-4-7-18(27)8-5-16/h1,4-10,12-14H,11H2,2H3,(H2,28,32)(H,30,34). The molecule has 2 aromatic carbocycles. The highest BCUT2D eigenvalue weighted by Gasteiger charge is 2.21. The summed E-state index contributed by atoms with van der Waals surface area (Å²) < 4.78 is 15.4. The number of nitrogen functional groups attached to an aromatic ring is 1. The minimum absolute atomic E-state index is 0.0745. The summed E-state index contributed by atoms with van der Waals surface area (Å²) in [6.45, 7) is 2.09. The third-order valence-corrected chi connectivity index (χ3v) is 5.57. The number of terminal acetylenes is 1. The van der Waals surface area contributed by atoms with E-state index in [0.717, 1.165) is 22.0 Å². The molecule has 0 aliphatic heterocycles. The monoisotopic (exact) mass is 450 g/mol. The molecule has 3 aromatic heterocycles. The lowest BCUT2D eigenvalue weighted by molar-refractivity contribution is 0.0954. The second kappa shape index (κ2) is 8.30. The Labute approximate surface area is 194 Å². The number of pyridine rings is 1. The minimum atomic E-state index is -0.422. The molecule has 8 heteroatoms. The number of benzene rings is 2. The molecule has 0 bridgehead atoms. The van der Waals surface area contributed by atoms with Gasteiger partial charge in [0.25, 0.3) is 5.91 Å². The van der Waals surface area contributed by atoms with Crippen LogP contribution < -0.4 is 11.1 Å². The topological polar surface area (TPSA) is 98.2 Å². The van der Waals surface area contributed by atoms with Crippen molar-refractivity contribution in [2.24, 2.45) is 0 Å². The molecule has 5 aromatic rings. The lowest BCUT2D eigenvalue weighted by Crippen LogP contribution is -2.23. The Balaban J connectivity index is 1.82. The van der Waals surface area contributed by atoms with Crippen LogP contribution in [0.1, 0.15) is 16.1 Å². The summed E-state index contributed by atoms with van der Waals surface area (Å²) in [6, 6.07) is 13.8. The number of imidazole rings is 1. The van der Waals surface area contributed by atoms with Crippen LogP contribution in [0, 0.1) is 25.1 Å². The number of aryl methyl sites for hydroxylation is 1. The smallest absolute Gasteiger partial charge is 0.272 e. The molecule has 0 radical (unpaired) electrons. The summed E-state index contributed by atoms with van der Waals surface area (Å²) in [6.07, 6.45) is 8.62. The summed E-state index contributed by atoms with van der Waals surface area (Å²) in [5, 5.41) is 3.58. The van der Waals surface area contributed by atoms with Crippen molar-refractivity contribution < 1.29 is 9.18 Å². The second-order valence-electron chi connectivity index (χ2n) is 7.77. The number of anilines is 1. The Morgan fingerprint density at radius 2 is 1.91 bits per heavy atom. The Bertz CT molecular complexity index is 1620. The summed E-state index contributed by atoms with van der Waals surface area (Å²) in [5.41, 5.74) is 11.3. The molecule has 5 rings (SSSR count). The number of hydrogen-bond acceptors (Lipinski definition) is 5. The number of nitrogens with one attached hydrogen (secondary N) is 1. The van der Waals surface area contributed by atoms with E-state index in [1.807, 2.05) is 31.2 Å². The molecule has 3 heterocycles. The van der Waals surface area contributed by atoms with Crippen molar-refractivity contribution in [3.05, 3.63) is 78.0 Å². The van der Waals surface area contributed by atoms with Crippen molar-refractivity contribution in [3.63, 3.8) is 0 Å². The van der Waals surface area contributed by atoms with Crippen LogP contribution in [0.3, 0.4) is 0 Å². The number of amides is 1. The Morgan fingerprint density at radius 1 is 1.15 bits per heavy atom. The quantitative estimate of drug-likeness (QED) is 0.403. The van der Waals surface area contributed by atoms with E-state index in [1.165, 1.54) is 12.1 Å². The molecule has 0 fully saturated rings. The number of carbonyl (C=O) groups is 1. The van der Waals surface area contributed by atoms with Gasteiger partial charge in [-0.1, -0.05) is 12.0 Å². The number of hydrogen-bond donors (Lipinski definition) is 2. The van der Waals surface area contributed by atoms with Crippen molar-refractivity contribution >= 4 is 28.3 Å². The van der Waals surface area contributed by atoms with Gasteiger partial charge in [-0.05, 0) is 55.0 Å². The van der Waals surface area contributed by atoms with E-state index in [0.29, 0.717) is 22.6 Å². The normalized spacial score (nSPS) is 11.0. The van der Waals surface area contributed by atoms with Crippen molar-refractivity contribution in [2.45, 2.75) is 6.92 Å². The largest absolute Gasteiger partial charge is 0.381 e. The molecule has 1 amide bonds. The van der Waals surface area contributed by atoms with Crippen molar-refractivity contribution in [1.82, 2.24) is 24.7 Å². The number of rotatable bonds is 4. The summed E-state index contributed by atoms with van der Waals surface area (Å²) >= 11 is 0. The van der Waals surface area contributed by atoms with Crippen LogP contribution in [0.25, 0.3) is 39.1 Å². The predicted octanol–water partition coefficient (Wildman–Crippen LogP) is 4.00. The van der Waals surface area contributed by atoms with Crippen LogP contribution in [-0.2, 0) is 0 Å². The third kappa shape index (κ3) is 3.59. The Hall–Kier alpha value is -4.77. The van der Waals surface area contributed by atoms with Crippen LogP contribution in [0.4, 0.5) is 10.2 Å². The van der Waals surface area contributed by atoms with Crippen LogP contribution >= 0.6 is 0 Å². The molecule has 7 nitrogen and oxygen atoms in total. The maximum atomic E-state index is 13.6. The van der Waals surface area contributed by atoms with Gasteiger partial charge in [0.15, 0.2) is 11.5 Å². The average Bonchev–Trinajstić information content (AvgIpc) is 3.29. The first kappa shape index (κ1) is 21.1. The fraction of sp³-hybridized carbons (Fsp3) is 0.0769. The number of aromatic nitrogens is 4. The zero-order valence-electron chi connectivity index (χ0n) is 18.2. The zero-order chi connectivity index (χ0) is 23.8. The van der Waals surface area contributed by atoms with E-state index in [1.54, 1.807) is 28.9 Å². The van der Waals surface area contributed by atoms with E-state index in [-0.39, 0.29) is 23.9 Å². The average molecular weight is 450 g/mol. The first-order chi connectivity index (χ1) is 16.5. The van der Waals surface area contributed by atoms with Gasteiger partial charge >= 0.3 is 0 Å². The highest BCUT2D eigenvalue weighted by molar-refractivity contribution is 5.95. The number of fused-ring (bicyclic) bond motifs is 2. The molecule has 0 atom stereocenters. The van der Waals surface area contributed by atoms with Gasteiger partial charge in [-0.2, -0.15) is 0 Å². The third-order valence-electron chi connectivity index (χ3n) is 5.57. The lowest BCUT2D eigenvalue weighted by atomic mass is 10.0. The van der Waals surface area contributed by atoms with Gasteiger partial charge in [-0.15, -0.1) is 6.42 Å². The fourth-order valence-corrected chi connectivity index (χ4v) is 3.92. The van der Waals surface area contributed by atoms with Crippen LogP contribution in [0.15, 0.2) is 60.9 Å². The van der Waals surface area contributed by atoms with Gasteiger partial charge < -0.3 is 11.1 Å². The Kier molecular flexibility index (Phi) is 5.15. The first-order valence-corrected chi connectivity index (χ1v) is 10.5. The molecule has 0 saturated heterocycles. The molecule has 3 N–H and O–H groups in total. The lowest BCUT2D eigenvalue weighted by Gasteiger charge is -2.14. The van der Waals surface area contributed by atoms with Crippen molar-refractivity contribution in [2.75, 3.05) is 12.3 Å². The highest BCUT2D eigenvalue weighted by atomic mass is 19.1. The molecule has 0 unspecified atom stereocenters. The molecule has 0 spiro atoms. The highest BCUT2D eigenvalue weighted by Crippen LogP contribution is 2.35. The fourth-order valence-electron chi connectivity index (χ4n) is 3.92. The SMILES string of the molecule is C#CCNC(=O)c1cn2c(-c3ccc4nccc(C)c4c3)c(-c3ccc(F)cc3)nc(N)c2n1. The van der Waals surface area contributed by atoms with Crippen LogP contribution in [-0.4, -0.2) is 31.8 Å². The molecule has 166 valence electrons. The van der Waals surface area contributed by atoms with Gasteiger partial charge in [0.1, 0.15) is 11.5 Å². The summed E-state index contributed by atoms with van der Waals surface area (Å²) in [7, 11) is 0. The molecule has 0 saturated carbocycles. The van der Waals surface area contributed by atoms with E-state index in [4.69, 9.17) is 12.2 Å². The second-order valence-corrected chi connectivity index (χ2v) is 7.77. The molecule has 34 heavy (non-hydrogen) atoms. The first-order valence-electron chi connectivity index (χ1n) is 10.5. The molecule has 0 aliphatic carbocycles. The van der Waals surface area contributed by atoms with Crippen LogP contribution in [0.5, 0.6) is 0 Å². The van der Waals surface area contributed by atoms with E-state index >= 15 is 0 Å². The maximum Gasteiger partial charge on any atom is 0.272 e. The van der Waals surface area contributed by atoms with Gasteiger partial charge in [0, 0.05) is 28.9 Å². The van der Waals surface area contributed by atoms with Crippen molar-refractivity contribution in [3.8, 4) is 34.9 Å².